The Bertz CT molecular complexity index is 665. The smallest absolute Gasteiger partial charge is 0.353 e. The van der Waals surface area contributed by atoms with Crippen molar-refractivity contribution in [3.05, 3.63) is 38.4 Å². The Morgan fingerprint density at radius 3 is 2.81 bits per heavy atom. The average molecular weight is 434 g/mol. The van der Waals surface area contributed by atoms with Gasteiger partial charge in [0.2, 0.25) is 5.91 Å². The first-order valence-electron chi connectivity index (χ1n) is 6.12. The van der Waals surface area contributed by atoms with Crippen LogP contribution in [0.25, 0.3) is 0 Å². The number of carboxylic acids is 1. The first-order valence-corrected chi connectivity index (χ1v) is 8.96. The van der Waals surface area contributed by atoms with Crippen molar-refractivity contribution in [2.45, 2.75) is 22.1 Å². The van der Waals surface area contributed by atoms with Crippen LogP contribution in [0.5, 0.6) is 0 Å². The Balaban J connectivity index is 2.03. The lowest BCUT2D eigenvalue weighted by molar-refractivity contribution is -0.146. The third-order valence-corrected chi connectivity index (χ3v) is 7.12. The van der Waals surface area contributed by atoms with E-state index in [9.17, 15) is 14.7 Å². The quantitative estimate of drug-likeness (QED) is 0.561. The topological polar surface area (TPSA) is 83.6 Å². The fourth-order valence-electron chi connectivity index (χ4n) is 2.21. The highest BCUT2D eigenvalue weighted by Crippen LogP contribution is 2.47. The van der Waals surface area contributed by atoms with E-state index in [0.717, 1.165) is 8.47 Å². The van der Waals surface area contributed by atoms with Crippen molar-refractivity contribution in [3.8, 4) is 0 Å². The lowest BCUT2D eigenvalue weighted by atomic mass is 10.1. The summed E-state index contributed by atoms with van der Waals surface area (Å²) in [6.45, 7) is 0. The molecule has 2 aliphatic rings. The van der Waals surface area contributed by atoms with Crippen LogP contribution in [-0.4, -0.2) is 32.6 Å². The summed E-state index contributed by atoms with van der Waals surface area (Å²) >= 11 is 4.96. The number of carboxylic acid groups (broad SMARTS) is 1. The predicted octanol–water partition coefficient (Wildman–Crippen LogP) is 2.27. The van der Waals surface area contributed by atoms with E-state index >= 15 is 0 Å². The van der Waals surface area contributed by atoms with Crippen LogP contribution in [0.15, 0.2) is 39.8 Å². The molecule has 0 aromatic heterocycles. The number of fused-ring (bicyclic) bond motifs is 1. The molecule has 0 aliphatic carbocycles. The van der Waals surface area contributed by atoms with Crippen LogP contribution in [0.2, 0.25) is 0 Å². The SMILES string of the molecule is NC1S[C@@H]2CC(=O)N2C(C(=O)O)=C1Sc1ccccc1I. The maximum absolute atomic E-state index is 11.7. The molecule has 110 valence electrons. The van der Waals surface area contributed by atoms with Gasteiger partial charge in [0.25, 0.3) is 0 Å². The monoisotopic (exact) mass is 434 g/mol. The van der Waals surface area contributed by atoms with Crippen LogP contribution in [-0.2, 0) is 9.59 Å². The van der Waals surface area contributed by atoms with Gasteiger partial charge >= 0.3 is 5.97 Å². The first kappa shape index (κ1) is 15.2. The summed E-state index contributed by atoms with van der Waals surface area (Å²) in [4.78, 5) is 26.1. The number of thioether (sulfide) groups is 2. The molecule has 1 aromatic rings. The average Bonchev–Trinajstić information content (AvgIpc) is 2.42. The van der Waals surface area contributed by atoms with Crippen molar-refractivity contribution in [2.24, 2.45) is 5.73 Å². The maximum atomic E-state index is 11.7. The van der Waals surface area contributed by atoms with Crippen molar-refractivity contribution in [2.75, 3.05) is 0 Å². The Morgan fingerprint density at radius 1 is 1.48 bits per heavy atom. The zero-order valence-corrected chi connectivity index (χ0v) is 14.4. The van der Waals surface area contributed by atoms with E-state index in [1.165, 1.54) is 28.4 Å². The number of halogens is 1. The molecule has 1 fully saturated rings. The van der Waals surface area contributed by atoms with E-state index in [1.807, 2.05) is 24.3 Å². The van der Waals surface area contributed by atoms with Gasteiger partial charge in [-0.3, -0.25) is 9.69 Å². The second-order valence-corrected chi connectivity index (χ2v) is 8.10. The molecule has 1 saturated heterocycles. The summed E-state index contributed by atoms with van der Waals surface area (Å²) in [6, 6.07) is 7.68. The Hall–Kier alpha value is -0.710. The predicted molar refractivity (Wildman–Crippen MR) is 90.5 cm³/mol. The van der Waals surface area contributed by atoms with Gasteiger partial charge in [-0.1, -0.05) is 23.9 Å². The van der Waals surface area contributed by atoms with Gasteiger partial charge in [-0.05, 0) is 34.7 Å². The summed E-state index contributed by atoms with van der Waals surface area (Å²) in [6.07, 6.45) is 0.357. The number of benzene rings is 1. The van der Waals surface area contributed by atoms with E-state index in [1.54, 1.807) is 0 Å². The third-order valence-electron chi connectivity index (χ3n) is 3.20. The van der Waals surface area contributed by atoms with Crippen molar-refractivity contribution >= 4 is 58.0 Å². The van der Waals surface area contributed by atoms with Crippen molar-refractivity contribution < 1.29 is 14.7 Å². The molecule has 2 heterocycles. The molecule has 5 nitrogen and oxygen atoms in total. The third kappa shape index (κ3) is 2.69. The highest BCUT2D eigenvalue weighted by molar-refractivity contribution is 14.1. The minimum absolute atomic E-state index is 0.0344. The van der Waals surface area contributed by atoms with E-state index in [2.05, 4.69) is 22.6 Å². The number of hydrogen-bond acceptors (Lipinski definition) is 5. The van der Waals surface area contributed by atoms with Crippen LogP contribution >= 0.6 is 46.1 Å². The van der Waals surface area contributed by atoms with E-state index in [4.69, 9.17) is 5.73 Å². The van der Waals surface area contributed by atoms with Crippen LogP contribution in [0.3, 0.4) is 0 Å². The van der Waals surface area contributed by atoms with Gasteiger partial charge in [0.05, 0.1) is 17.2 Å². The lowest BCUT2D eigenvalue weighted by Gasteiger charge is -2.45. The molecule has 3 rings (SSSR count). The molecular weight excluding hydrogens is 423 g/mol. The number of aliphatic carboxylic acids is 1. The zero-order valence-electron chi connectivity index (χ0n) is 10.7. The van der Waals surface area contributed by atoms with Crippen molar-refractivity contribution in [1.82, 2.24) is 4.90 Å². The van der Waals surface area contributed by atoms with Gasteiger partial charge in [-0.2, -0.15) is 0 Å². The normalized spacial score (nSPS) is 24.7. The standard InChI is InChI=1S/C13H11IN2O3S2/c14-6-3-1-2-4-7(6)20-11-10(13(18)19)16-8(17)5-9(16)21-12(11)15/h1-4,9,12H,5,15H2,(H,18,19)/t9-,12?/m1/s1. The van der Waals surface area contributed by atoms with Gasteiger partial charge in [0.1, 0.15) is 5.70 Å². The van der Waals surface area contributed by atoms with E-state index in [-0.39, 0.29) is 17.0 Å². The molecular formula is C13H11IN2O3S2. The molecule has 3 N–H and O–H groups in total. The minimum Gasteiger partial charge on any atom is -0.477 e. The molecule has 21 heavy (non-hydrogen) atoms. The fraction of sp³-hybridized carbons (Fsp3) is 0.231. The molecule has 0 spiro atoms. The van der Waals surface area contributed by atoms with Crippen LogP contribution in [0.4, 0.5) is 0 Å². The highest BCUT2D eigenvalue weighted by Gasteiger charge is 2.48. The Morgan fingerprint density at radius 2 is 2.19 bits per heavy atom. The number of nitrogens with zero attached hydrogens (tertiary/aromatic N) is 1. The van der Waals surface area contributed by atoms with Crippen LogP contribution < -0.4 is 5.73 Å². The summed E-state index contributed by atoms with van der Waals surface area (Å²) in [5, 5.41) is 8.92. The molecule has 1 amide bonds. The van der Waals surface area contributed by atoms with Gasteiger partial charge in [0.15, 0.2) is 0 Å². The number of nitrogens with two attached hydrogens (primary N) is 1. The van der Waals surface area contributed by atoms with Gasteiger partial charge in [-0.25, -0.2) is 4.79 Å². The van der Waals surface area contributed by atoms with Crippen LogP contribution in [0, 0.1) is 3.57 Å². The number of carbonyl (C=O) groups is 2. The van der Waals surface area contributed by atoms with Crippen molar-refractivity contribution in [3.63, 3.8) is 0 Å². The van der Waals surface area contributed by atoms with Gasteiger partial charge in [-0.15, -0.1) is 11.8 Å². The van der Waals surface area contributed by atoms with Gasteiger partial charge in [0, 0.05) is 13.4 Å². The number of carbonyl (C=O) groups excluding carboxylic acids is 1. The number of hydrogen-bond donors (Lipinski definition) is 2. The summed E-state index contributed by atoms with van der Waals surface area (Å²) in [5.74, 6) is -1.25. The molecule has 1 aromatic carbocycles. The lowest BCUT2D eigenvalue weighted by Crippen LogP contribution is -2.56. The highest BCUT2D eigenvalue weighted by atomic mass is 127. The first-order chi connectivity index (χ1) is 9.99. The van der Waals surface area contributed by atoms with Crippen LogP contribution in [0.1, 0.15) is 6.42 Å². The largest absolute Gasteiger partial charge is 0.477 e. The summed E-state index contributed by atoms with van der Waals surface area (Å²) in [7, 11) is 0. The van der Waals surface area contributed by atoms with E-state index in [0.29, 0.717) is 11.3 Å². The molecule has 1 unspecified atom stereocenters. The van der Waals surface area contributed by atoms with Crippen molar-refractivity contribution in [1.29, 1.82) is 0 Å². The summed E-state index contributed by atoms with van der Waals surface area (Å²) in [5.41, 5.74) is 6.15. The van der Waals surface area contributed by atoms with Gasteiger partial charge < -0.3 is 10.8 Å². The molecule has 2 aliphatic heterocycles. The Labute approximate surface area is 143 Å². The number of rotatable bonds is 3. The van der Waals surface area contributed by atoms with E-state index < -0.39 is 11.3 Å². The molecule has 0 radical (unpaired) electrons. The molecule has 0 bridgehead atoms. The second-order valence-electron chi connectivity index (χ2n) is 4.53. The summed E-state index contributed by atoms with van der Waals surface area (Å²) < 4.78 is 1.02. The molecule has 2 atom stereocenters. The number of amides is 1. The number of β-lactam (4-membered cyclic amide) rings is 1. The maximum Gasteiger partial charge on any atom is 0.353 e. The minimum atomic E-state index is -1.10. The fourth-order valence-corrected chi connectivity index (χ4v) is 5.34. The molecule has 8 heteroatoms. The zero-order chi connectivity index (χ0) is 15.1. The molecule has 0 saturated carbocycles. The second kappa shape index (κ2) is 5.82. The Kier molecular flexibility index (Phi) is 4.21.